The Morgan fingerprint density at radius 1 is 1.35 bits per heavy atom. The molecule has 2 N–H and O–H groups in total. The third-order valence-corrected chi connectivity index (χ3v) is 5.41. The van der Waals surface area contributed by atoms with Crippen LogP contribution in [0.2, 0.25) is 0 Å². The van der Waals surface area contributed by atoms with Crippen molar-refractivity contribution >= 4 is 29.2 Å². The SMILES string of the molecule is CN1[C@@H]2CC[C@H]1C[C@@H](NC(=O)c1n[nH]c3cc(OC(F)F)ccc13)C2.Cl. The quantitative estimate of drug-likeness (QED) is 0.847. The van der Waals surface area contributed by atoms with Crippen molar-refractivity contribution in [2.24, 2.45) is 0 Å². The Hall–Kier alpha value is -1.93. The molecule has 2 aromatic rings. The highest BCUT2D eigenvalue weighted by atomic mass is 35.5. The molecular weight excluding hydrogens is 366 g/mol. The van der Waals surface area contributed by atoms with E-state index in [4.69, 9.17) is 0 Å². The maximum atomic E-state index is 12.6. The van der Waals surface area contributed by atoms with E-state index in [0.29, 0.717) is 23.0 Å². The van der Waals surface area contributed by atoms with Crippen LogP contribution in [-0.4, -0.2) is 52.8 Å². The lowest BCUT2D eigenvalue weighted by Crippen LogP contribution is -2.48. The van der Waals surface area contributed by atoms with Gasteiger partial charge >= 0.3 is 6.61 Å². The molecule has 3 heterocycles. The predicted octanol–water partition coefficient (Wildman–Crippen LogP) is 2.94. The number of fused-ring (bicyclic) bond motifs is 3. The highest BCUT2D eigenvalue weighted by Crippen LogP contribution is 2.34. The molecule has 0 unspecified atom stereocenters. The first kappa shape index (κ1) is 18.8. The molecule has 6 nitrogen and oxygen atoms in total. The Morgan fingerprint density at radius 2 is 2.04 bits per heavy atom. The highest BCUT2D eigenvalue weighted by Gasteiger charge is 2.39. The summed E-state index contributed by atoms with van der Waals surface area (Å²) in [6.07, 6.45) is 4.28. The van der Waals surface area contributed by atoms with E-state index >= 15 is 0 Å². The van der Waals surface area contributed by atoms with Crippen molar-refractivity contribution in [1.29, 1.82) is 0 Å². The fourth-order valence-electron chi connectivity index (χ4n) is 4.13. The summed E-state index contributed by atoms with van der Waals surface area (Å²) in [5.41, 5.74) is 0.775. The number of H-pyrrole nitrogens is 1. The Kier molecular flexibility index (Phi) is 5.34. The van der Waals surface area contributed by atoms with Gasteiger partial charge in [0.25, 0.3) is 5.91 Å². The van der Waals surface area contributed by atoms with E-state index in [0.717, 1.165) is 12.8 Å². The topological polar surface area (TPSA) is 70.2 Å². The maximum absolute atomic E-state index is 12.6. The summed E-state index contributed by atoms with van der Waals surface area (Å²) in [7, 11) is 2.15. The lowest BCUT2D eigenvalue weighted by atomic mass is 9.98. The van der Waals surface area contributed by atoms with E-state index in [2.05, 4.69) is 32.2 Å². The summed E-state index contributed by atoms with van der Waals surface area (Å²) >= 11 is 0. The smallest absolute Gasteiger partial charge is 0.387 e. The van der Waals surface area contributed by atoms with E-state index in [-0.39, 0.29) is 35.8 Å². The molecule has 2 saturated heterocycles. The van der Waals surface area contributed by atoms with Gasteiger partial charge in [0.2, 0.25) is 0 Å². The molecule has 3 atom stereocenters. The zero-order chi connectivity index (χ0) is 17.6. The number of ether oxygens (including phenoxy) is 1. The zero-order valence-corrected chi connectivity index (χ0v) is 15.1. The second kappa shape index (κ2) is 7.36. The summed E-state index contributed by atoms with van der Waals surface area (Å²) in [5, 5.41) is 10.4. The number of aromatic nitrogens is 2. The van der Waals surface area contributed by atoms with Gasteiger partial charge in [-0.05, 0) is 44.9 Å². The van der Waals surface area contributed by atoms with E-state index in [1.54, 1.807) is 6.07 Å². The highest BCUT2D eigenvalue weighted by molar-refractivity contribution is 6.05. The number of carbonyl (C=O) groups excluding carboxylic acids is 1. The van der Waals surface area contributed by atoms with E-state index in [9.17, 15) is 13.6 Å². The predicted molar refractivity (Wildman–Crippen MR) is 95.0 cm³/mol. The second-order valence-electron chi connectivity index (χ2n) is 6.85. The number of hydrogen-bond donors (Lipinski definition) is 2. The molecule has 26 heavy (non-hydrogen) atoms. The normalized spacial score (nSPS) is 25.3. The van der Waals surface area contributed by atoms with Crippen molar-refractivity contribution in [3.63, 3.8) is 0 Å². The number of nitrogens with one attached hydrogen (secondary N) is 2. The van der Waals surface area contributed by atoms with Crippen molar-refractivity contribution in [1.82, 2.24) is 20.4 Å². The second-order valence-corrected chi connectivity index (χ2v) is 6.85. The van der Waals surface area contributed by atoms with Gasteiger partial charge in [0.1, 0.15) is 5.75 Å². The number of benzene rings is 1. The molecule has 1 amide bonds. The molecule has 1 aromatic heterocycles. The van der Waals surface area contributed by atoms with Gasteiger partial charge in [-0.15, -0.1) is 12.4 Å². The van der Waals surface area contributed by atoms with Crippen molar-refractivity contribution in [3.8, 4) is 5.75 Å². The average molecular weight is 387 g/mol. The van der Waals surface area contributed by atoms with E-state index in [1.807, 2.05) is 0 Å². The van der Waals surface area contributed by atoms with Gasteiger partial charge in [0.05, 0.1) is 5.52 Å². The summed E-state index contributed by atoms with van der Waals surface area (Å²) < 4.78 is 29.0. The van der Waals surface area contributed by atoms with Crippen LogP contribution in [0, 0.1) is 0 Å². The summed E-state index contributed by atoms with van der Waals surface area (Å²) in [5.74, 6) is -0.201. The Balaban J connectivity index is 0.00000196. The molecule has 2 aliphatic rings. The van der Waals surface area contributed by atoms with Gasteiger partial charge in [-0.3, -0.25) is 9.89 Å². The van der Waals surface area contributed by atoms with Crippen molar-refractivity contribution in [3.05, 3.63) is 23.9 Å². The number of rotatable bonds is 4. The molecule has 0 saturated carbocycles. The monoisotopic (exact) mass is 386 g/mol. The molecule has 0 aliphatic carbocycles. The minimum Gasteiger partial charge on any atom is -0.435 e. The van der Waals surface area contributed by atoms with Crippen LogP contribution in [0.15, 0.2) is 18.2 Å². The average Bonchev–Trinajstić information content (AvgIpc) is 3.04. The Morgan fingerprint density at radius 3 is 2.69 bits per heavy atom. The van der Waals surface area contributed by atoms with E-state index < -0.39 is 6.61 Å². The van der Waals surface area contributed by atoms with Gasteiger partial charge in [-0.25, -0.2) is 0 Å². The van der Waals surface area contributed by atoms with E-state index in [1.165, 1.54) is 25.0 Å². The number of piperidine rings is 1. The molecule has 2 fully saturated rings. The van der Waals surface area contributed by atoms with Crippen LogP contribution in [0.5, 0.6) is 5.75 Å². The number of hydrogen-bond acceptors (Lipinski definition) is 4. The maximum Gasteiger partial charge on any atom is 0.387 e. The number of aromatic amines is 1. The molecule has 4 rings (SSSR count). The summed E-state index contributed by atoms with van der Waals surface area (Å²) in [6.45, 7) is -2.89. The Labute approximate surface area is 155 Å². The van der Waals surface area contributed by atoms with Crippen LogP contribution in [0.3, 0.4) is 0 Å². The van der Waals surface area contributed by atoms with Crippen molar-refractivity contribution < 1.29 is 18.3 Å². The molecule has 2 aliphatic heterocycles. The molecule has 0 radical (unpaired) electrons. The standard InChI is InChI=1S/C17H20F2N4O2.ClH/c1-23-10-2-3-11(23)7-9(6-10)20-16(24)15-13-5-4-12(25-17(18)19)8-14(13)21-22-15;/h4-5,8-11,17H,2-3,6-7H2,1H3,(H,20,24)(H,21,22);1H/t9-,10+,11-;. The largest absolute Gasteiger partial charge is 0.435 e. The molecule has 9 heteroatoms. The van der Waals surface area contributed by atoms with Crippen LogP contribution in [0.1, 0.15) is 36.2 Å². The van der Waals surface area contributed by atoms with Crippen molar-refractivity contribution in [2.75, 3.05) is 7.05 Å². The third-order valence-electron chi connectivity index (χ3n) is 5.41. The number of alkyl halides is 2. The van der Waals surface area contributed by atoms with Gasteiger partial charge in [-0.2, -0.15) is 13.9 Å². The first-order valence-corrected chi connectivity index (χ1v) is 8.47. The van der Waals surface area contributed by atoms with Crippen LogP contribution in [-0.2, 0) is 0 Å². The van der Waals surface area contributed by atoms with Crippen LogP contribution < -0.4 is 10.1 Å². The van der Waals surface area contributed by atoms with Gasteiger partial charge in [0.15, 0.2) is 5.69 Å². The third kappa shape index (κ3) is 3.48. The number of halogens is 3. The fourth-order valence-corrected chi connectivity index (χ4v) is 4.13. The van der Waals surface area contributed by atoms with Crippen LogP contribution in [0.25, 0.3) is 10.9 Å². The molecule has 0 spiro atoms. The van der Waals surface area contributed by atoms with Crippen LogP contribution in [0.4, 0.5) is 8.78 Å². The van der Waals surface area contributed by atoms with Crippen molar-refractivity contribution in [2.45, 2.75) is 50.4 Å². The fraction of sp³-hybridized carbons (Fsp3) is 0.529. The summed E-state index contributed by atoms with van der Waals surface area (Å²) in [6, 6.07) is 5.62. The number of nitrogens with zero attached hydrogens (tertiary/aromatic N) is 2. The molecule has 1 aromatic carbocycles. The molecule has 142 valence electrons. The first-order valence-electron chi connectivity index (χ1n) is 8.47. The molecule has 2 bridgehead atoms. The Bertz CT molecular complexity index is 786. The van der Waals surface area contributed by atoms with Crippen LogP contribution >= 0.6 is 12.4 Å². The van der Waals surface area contributed by atoms with Gasteiger partial charge < -0.3 is 15.0 Å². The van der Waals surface area contributed by atoms with Gasteiger partial charge in [-0.1, -0.05) is 0 Å². The minimum atomic E-state index is -2.89. The zero-order valence-electron chi connectivity index (χ0n) is 14.2. The number of amides is 1. The molecular formula is C17H21ClF2N4O2. The lowest BCUT2D eigenvalue weighted by molar-refractivity contribution is -0.0497. The number of carbonyl (C=O) groups is 1. The summed E-state index contributed by atoms with van der Waals surface area (Å²) in [4.78, 5) is 15.0. The first-order chi connectivity index (χ1) is 12.0. The lowest BCUT2D eigenvalue weighted by Gasteiger charge is -2.36. The minimum absolute atomic E-state index is 0. The van der Waals surface area contributed by atoms with Gasteiger partial charge in [0, 0.05) is 29.6 Å².